The molecule has 1 aromatic rings. The van der Waals surface area contributed by atoms with Gasteiger partial charge in [-0.2, -0.15) is 0 Å². The van der Waals surface area contributed by atoms with Gasteiger partial charge in [-0.1, -0.05) is 40.0 Å². The Morgan fingerprint density at radius 2 is 2.00 bits per heavy atom. The Morgan fingerprint density at radius 1 is 1.32 bits per heavy atom. The summed E-state index contributed by atoms with van der Waals surface area (Å²) >= 11 is 0. The first-order valence-electron chi connectivity index (χ1n) is 7.06. The second-order valence-electron chi connectivity index (χ2n) is 5.34. The highest BCUT2D eigenvalue weighted by molar-refractivity contribution is 5.84. The second kappa shape index (κ2) is 7.33. The van der Waals surface area contributed by atoms with Crippen molar-refractivity contribution >= 4 is 5.78 Å². The van der Waals surface area contributed by atoms with Gasteiger partial charge < -0.3 is 5.73 Å². The van der Waals surface area contributed by atoms with Crippen molar-refractivity contribution < 1.29 is 4.79 Å². The van der Waals surface area contributed by atoms with E-state index >= 15 is 0 Å². The molecular weight excluding hydrogens is 242 g/mol. The number of aromatic nitrogens is 4. The molecule has 0 unspecified atom stereocenters. The Balaban J connectivity index is 2.94. The molecule has 0 bridgehead atoms. The van der Waals surface area contributed by atoms with Crippen molar-refractivity contribution in [2.45, 2.75) is 65.5 Å². The van der Waals surface area contributed by atoms with Crippen LogP contribution in [0, 0.1) is 5.92 Å². The fourth-order valence-electron chi connectivity index (χ4n) is 2.08. The van der Waals surface area contributed by atoms with Crippen LogP contribution >= 0.6 is 0 Å². The lowest BCUT2D eigenvalue weighted by Crippen LogP contribution is -2.28. The number of rotatable bonds is 8. The minimum atomic E-state index is -0.289. The summed E-state index contributed by atoms with van der Waals surface area (Å²) in [5.41, 5.74) is 5.85. The minimum Gasteiger partial charge on any atom is -0.322 e. The molecule has 6 nitrogen and oxygen atoms in total. The van der Waals surface area contributed by atoms with E-state index in [2.05, 4.69) is 22.4 Å². The number of unbranched alkanes of at least 4 members (excludes halogenated alkanes) is 2. The zero-order valence-electron chi connectivity index (χ0n) is 12.3. The first-order chi connectivity index (χ1) is 8.99. The number of hydrogen-bond acceptors (Lipinski definition) is 5. The molecular formula is C13H25N5O. The molecule has 0 fully saturated rings. The third-order valence-corrected chi connectivity index (χ3v) is 3.20. The van der Waals surface area contributed by atoms with E-state index in [0.29, 0.717) is 5.82 Å². The van der Waals surface area contributed by atoms with Crippen LogP contribution in [0.1, 0.15) is 71.3 Å². The average molecular weight is 267 g/mol. The molecule has 19 heavy (non-hydrogen) atoms. The molecule has 0 radical (unpaired) electrons. The number of hydrogen-bond donors (Lipinski definition) is 1. The Hall–Kier alpha value is -1.30. The van der Waals surface area contributed by atoms with Gasteiger partial charge in [0, 0.05) is 5.92 Å². The van der Waals surface area contributed by atoms with Crippen LogP contribution in [0.15, 0.2) is 0 Å². The van der Waals surface area contributed by atoms with Crippen LogP contribution in [0.4, 0.5) is 0 Å². The van der Waals surface area contributed by atoms with Crippen molar-refractivity contribution in [1.82, 2.24) is 20.2 Å². The standard InChI is InChI=1S/C13H25N5O/c1-5-6-7-8-11(12(19)9(2)3)18-13(10(4)14)15-16-17-18/h9-11H,5-8,14H2,1-4H3/t10-,11-/m0/s1. The Morgan fingerprint density at radius 3 is 2.53 bits per heavy atom. The molecule has 0 saturated heterocycles. The molecule has 0 aliphatic heterocycles. The van der Waals surface area contributed by atoms with Crippen LogP contribution in [0.2, 0.25) is 0 Å². The van der Waals surface area contributed by atoms with Gasteiger partial charge in [-0.15, -0.1) is 5.10 Å². The fraction of sp³-hybridized carbons (Fsp3) is 0.846. The first-order valence-corrected chi connectivity index (χ1v) is 7.06. The molecule has 0 aliphatic carbocycles. The Bertz CT molecular complexity index is 399. The van der Waals surface area contributed by atoms with Gasteiger partial charge >= 0.3 is 0 Å². The van der Waals surface area contributed by atoms with Crippen LogP contribution in [-0.2, 0) is 4.79 Å². The van der Waals surface area contributed by atoms with Crippen molar-refractivity contribution in [3.8, 4) is 0 Å². The SMILES string of the molecule is CCCCC[C@@H](C(=O)C(C)C)n1nnnc1[C@H](C)N. The van der Waals surface area contributed by atoms with E-state index in [-0.39, 0.29) is 23.8 Å². The van der Waals surface area contributed by atoms with E-state index in [1.165, 1.54) is 0 Å². The zero-order valence-corrected chi connectivity index (χ0v) is 12.3. The Kier molecular flexibility index (Phi) is 6.08. The highest BCUT2D eigenvalue weighted by atomic mass is 16.1. The number of carbonyl (C=O) groups excluding carboxylic acids is 1. The molecule has 0 amide bonds. The molecule has 1 rings (SSSR count). The lowest BCUT2D eigenvalue weighted by atomic mass is 9.97. The molecule has 1 heterocycles. The summed E-state index contributed by atoms with van der Waals surface area (Å²) in [6, 6.07) is -0.564. The number of carbonyl (C=O) groups is 1. The summed E-state index contributed by atoms with van der Waals surface area (Å²) in [6.07, 6.45) is 4.00. The van der Waals surface area contributed by atoms with Gasteiger partial charge in [-0.05, 0) is 23.8 Å². The van der Waals surface area contributed by atoms with Gasteiger partial charge in [0.15, 0.2) is 11.6 Å². The van der Waals surface area contributed by atoms with Gasteiger partial charge in [0.1, 0.15) is 6.04 Å². The van der Waals surface area contributed by atoms with Gasteiger partial charge in [0.25, 0.3) is 0 Å². The molecule has 2 atom stereocenters. The summed E-state index contributed by atoms with van der Waals surface area (Å²) in [4.78, 5) is 12.4. The second-order valence-corrected chi connectivity index (χ2v) is 5.34. The number of ketones is 1. The quantitative estimate of drug-likeness (QED) is 0.728. The molecule has 2 N–H and O–H groups in total. The van der Waals surface area contributed by atoms with Crippen LogP contribution in [0.3, 0.4) is 0 Å². The van der Waals surface area contributed by atoms with E-state index < -0.39 is 0 Å². The van der Waals surface area contributed by atoms with Gasteiger partial charge in [0.2, 0.25) is 0 Å². The summed E-state index contributed by atoms with van der Waals surface area (Å²) in [5, 5.41) is 11.6. The molecule has 1 aromatic heterocycles. The van der Waals surface area contributed by atoms with E-state index in [1.54, 1.807) is 4.68 Å². The maximum Gasteiger partial charge on any atom is 0.168 e. The van der Waals surface area contributed by atoms with Crippen molar-refractivity contribution in [2.24, 2.45) is 11.7 Å². The Labute approximate surface area is 114 Å². The number of tetrazole rings is 1. The largest absolute Gasteiger partial charge is 0.322 e. The molecule has 6 heteroatoms. The van der Waals surface area contributed by atoms with Crippen LogP contribution < -0.4 is 5.73 Å². The maximum atomic E-state index is 12.4. The number of nitrogens with two attached hydrogens (primary N) is 1. The predicted molar refractivity (Wildman–Crippen MR) is 73.4 cm³/mol. The topological polar surface area (TPSA) is 86.7 Å². The molecule has 0 saturated carbocycles. The van der Waals surface area contributed by atoms with E-state index in [1.807, 2.05) is 20.8 Å². The van der Waals surface area contributed by atoms with Crippen LogP contribution in [0.5, 0.6) is 0 Å². The normalized spacial score (nSPS) is 14.6. The van der Waals surface area contributed by atoms with Crippen molar-refractivity contribution in [3.05, 3.63) is 5.82 Å². The van der Waals surface area contributed by atoms with E-state index in [9.17, 15) is 4.79 Å². The monoisotopic (exact) mass is 267 g/mol. The van der Waals surface area contributed by atoms with Gasteiger partial charge in [0.05, 0.1) is 6.04 Å². The lowest BCUT2D eigenvalue weighted by Gasteiger charge is -2.20. The van der Waals surface area contributed by atoms with Crippen molar-refractivity contribution in [3.63, 3.8) is 0 Å². The summed E-state index contributed by atoms with van der Waals surface area (Å²) in [6.45, 7) is 7.78. The third kappa shape index (κ3) is 4.09. The first kappa shape index (κ1) is 15.8. The van der Waals surface area contributed by atoms with Crippen LogP contribution in [0.25, 0.3) is 0 Å². The predicted octanol–water partition coefficient (Wildman–Crippen LogP) is 2.04. The summed E-state index contributed by atoms with van der Waals surface area (Å²) < 4.78 is 1.61. The highest BCUT2D eigenvalue weighted by Gasteiger charge is 2.27. The van der Waals surface area contributed by atoms with Gasteiger partial charge in [-0.3, -0.25) is 4.79 Å². The smallest absolute Gasteiger partial charge is 0.168 e. The van der Waals surface area contributed by atoms with E-state index in [4.69, 9.17) is 5.73 Å². The number of Topliss-reactive ketones (excluding diaryl/α,β-unsaturated/α-hetero) is 1. The summed E-state index contributed by atoms with van der Waals surface area (Å²) in [5.74, 6) is 0.720. The maximum absolute atomic E-state index is 12.4. The third-order valence-electron chi connectivity index (χ3n) is 3.20. The van der Waals surface area contributed by atoms with Gasteiger partial charge in [-0.25, -0.2) is 4.68 Å². The molecule has 0 aliphatic rings. The van der Waals surface area contributed by atoms with E-state index in [0.717, 1.165) is 25.7 Å². The lowest BCUT2D eigenvalue weighted by molar-refractivity contribution is -0.125. The minimum absolute atomic E-state index is 0.0308. The van der Waals surface area contributed by atoms with Crippen molar-refractivity contribution in [1.29, 1.82) is 0 Å². The fourth-order valence-corrected chi connectivity index (χ4v) is 2.08. The van der Waals surface area contributed by atoms with Crippen molar-refractivity contribution in [2.75, 3.05) is 0 Å². The zero-order chi connectivity index (χ0) is 14.4. The van der Waals surface area contributed by atoms with Crippen LogP contribution in [-0.4, -0.2) is 26.0 Å². The number of nitrogens with zero attached hydrogens (tertiary/aromatic N) is 4. The molecule has 0 aromatic carbocycles. The highest BCUT2D eigenvalue weighted by Crippen LogP contribution is 2.22. The summed E-state index contributed by atoms with van der Waals surface area (Å²) in [7, 11) is 0. The average Bonchev–Trinajstić information content (AvgIpc) is 2.83. The molecule has 108 valence electrons. The molecule has 0 spiro atoms.